The van der Waals surface area contributed by atoms with E-state index in [9.17, 15) is 30.7 Å². The summed E-state index contributed by atoms with van der Waals surface area (Å²) in [7, 11) is 1.11. The summed E-state index contributed by atoms with van der Waals surface area (Å²) in [4.78, 5) is 3.54. The number of alkyl halides is 3. The van der Waals surface area contributed by atoms with Gasteiger partial charge >= 0.3 is 6.18 Å². The van der Waals surface area contributed by atoms with E-state index in [1.54, 1.807) is 0 Å². The van der Waals surface area contributed by atoms with Crippen LogP contribution in [-0.2, 0) is 13.2 Å². The predicted octanol–water partition coefficient (Wildman–Crippen LogP) is 5.16. The monoisotopic (exact) mass is 405 g/mol. The Balaban J connectivity index is 2.10. The number of halogens is 7. The molecule has 0 bridgehead atoms. The third kappa shape index (κ3) is 3.51. The molecule has 2 heterocycles. The van der Waals surface area contributed by atoms with Gasteiger partial charge < -0.3 is 4.74 Å². The van der Waals surface area contributed by atoms with E-state index in [-0.39, 0.29) is 0 Å². The van der Waals surface area contributed by atoms with E-state index in [2.05, 4.69) is 10.1 Å². The van der Waals surface area contributed by atoms with Crippen LogP contribution in [0.15, 0.2) is 24.3 Å². The number of hydrogen-bond acceptors (Lipinski definition) is 3. The number of rotatable bonds is 3. The van der Waals surface area contributed by atoms with Crippen LogP contribution in [0.4, 0.5) is 30.7 Å². The van der Waals surface area contributed by atoms with Crippen LogP contribution >= 0.6 is 0 Å². The summed E-state index contributed by atoms with van der Waals surface area (Å²) in [5, 5.41) is 3.19. The van der Waals surface area contributed by atoms with Crippen molar-refractivity contribution in [3.63, 3.8) is 0 Å². The number of pyridine rings is 1. The lowest BCUT2D eigenvalue weighted by atomic mass is 10.1. The minimum atomic E-state index is -4.77. The number of aryl methyl sites for hydroxylation is 1. The molecule has 0 fully saturated rings. The van der Waals surface area contributed by atoms with E-state index in [1.165, 1.54) is 0 Å². The first-order valence-corrected chi connectivity index (χ1v) is 7.59. The maximum atomic E-state index is 14.4. The van der Waals surface area contributed by atoms with E-state index < -0.39 is 63.7 Å². The van der Waals surface area contributed by atoms with E-state index >= 15 is 0 Å². The first kappa shape index (κ1) is 19.6. The highest BCUT2D eigenvalue weighted by molar-refractivity contribution is 5.62. The smallest absolute Gasteiger partial charge is 0.418 e. The SMILES string of the molecule is Cc1c(F)c(Oc2cc(C(F)(F)F)nn2C)nc(-c2ccc(F)cc2F)c1F. The van der Waals surface area contributed by atoms with E-state index in [0.29, 0.717) is 16.8 Å². The fourth-order valence-corrected chi connectivity index (χ4v) is 2.34. The largest absolute Gasteiger partial charge is 0.435 e. The Morgan fingerprint density at radius 3 is 2.25 bits per heavy atom. The molecule has 0 saturated heterocycles. The number of ether oxygens (including phenoxy) is 1. The lowest BCUT2D eigenvalue weighted by molar-refractivity contribution is -0.141. The number of hydrogen-bond donors (Lipinski definition) is 0. The molecule has 28 heavy (non-hydrogen) atoms. The molecule has 0 saturated carbocycles. The predicted molar refractivity (Wildman–Crippen MR) is 82.5 cm³/mol. The van der Waals surface area contributed by atoms with E-state index in [1.807, 2.05) is 0 Å². The Morgan fingerprint density at radius 2 is 1.68 bits per heavy atom. The summed E-state index contributed by atoms with van der Waals surface area (Å²) in [6, 6.07) is 2.71. The molecule has 0 aliphatic rings. The van der Waals surface area contributed by atoms with Gasteiger partial charge in [-0.25, -0.2) is 27.2 Å². The molecule has 0 aliphatic heterocycles. The van der Waals surface area contributed by atoms with Crippen molar-refractivity contribution in [3.8, 4) is 23.0 Å². The summed E-state index contributed by atoms with van der Waals surface area (Å²) >= 11 is 0. The van der Waals surface area contributed by atoms with Crippen LogP contribution in [0, 0.1) is 30.2 Å². The Bertz CT molecular complexity index is 1060. The van der Waals surface area contributed by atoms with Crippen LogP contribution in [-0.4, -0.2) is 14.8 Å². The van der Waals surface area contributed by atoms with Gasteiger partial charge in [-0.3, -0.25) is 0 Å². The molecule has 11 heteroatoms. The minimum absolute atomic E-state index is 0.479. The van der Waals surface area contributed by atoms with Crippen LogP contribution in [0.5, 0.6) is 11.8 Å². The molecule has 0 aliphatic carbocycles. The van der Waals surface area contributed by atoms with Crippen LogP contribution in [0.3, 0.4) is 0 Å². The average Bonchev–Trinajstić information content (AvgIpc) is 2.97. The molecular formula is C17H10F7N3O. The highest BCUT2D eigenvalue weighted by Crippen LogP contribution is 2.35. The number of aromatic nitrogens is 3. The average molecular weight is 405 g/mol. The Kier molecular flexibility index (Phi) is 4.77. The summed E-state index contributed by atoms with van der Waals surface area (Å²) < 4.78 is 99.7. The van der Waals surface area contributed by atoms with Gasteiger partial charge in [-0.2, -0.15) is 18.3 Å². The van der Waals surface area contributed by atoms with Crippen LogP contribution in [0.25, 0.3) is 11.3 Å². The lowest BCUT2D eigenvalue weighted by Crippen LogP contribution is -2.06. The Morgan fingerprint density at radius 1 is 1.00 bits per heavy atom. The highest BCUT2D eigenvalue weighted by atomic mass is 19.4. The number of nitrogens with zero attached hydrogens (tertiary/aromatic N) is 3. The second kappa shape index (κ2) is 6.80. The summed E-state index contributed by atoms with van der Waals surface area (Å²) in [6.45, 7) is 1.01. The normalized spacial score (nSPS) is 11.8. The van der Waals surface area contributed by atoms with Gasteiger partial charge in [-0.05, 0) is 19.1 Å². The van der Waals surface area contributed by atoms with Crippen molar-refractivity contribution in [1.29, 1.82) is 0 Å². The summed E-state index contributed by atoms with van der Waals surface area (Å²) in [5.41, 5.74) is -3.08. The molecule has 3 rings (SSSR count). The zero-order chi connectivity index (χ0) is 20.8. The van der Waals surface area contributed by atoms with E-state index in [4.69, 9.17) is 4.74 Å². The molecule has 148 valence electrons. The third-order valence-electron chi connectivity index (χ3n) is 3.78. The van der Waals surface area contributed by atoms with Crippen LogP contribution in [0.2, 0.25) is 0 Å². The van der Waals surface area contributed by atoms with Gasteiger partial charge in [0.1, 0.15) is 17.3 Å². The minimum Gasteiger partial charge on any atom is -0.418 e. The van der Waals surface area contributed by atoms with Crippen molar-refractivity contribution in [2.75, 3.05) is 0 Å². The molecule has 0 spiro atoms. The van der Waals surface area contributed by atoms with Crippen molar-refractivity contribution in [3.05, 3.63) is 58.8 Å². The maximum absolute atomic E-state index is 14.4. The van der Waals surface area contributed by atoms with Gasteiger partial charge in [-0.1, -0.05) is 0 Å². The van der Waals surface area contributed by atoms with Crippen molar-refractivity contribution in [2.24, 2.45) is 7.05 Å². The van der Waals surface area contributed by atoms with Crippen molar-refractivity contribution in [2.45, 2.75) is 13.1 Å². The molecular weight excluding hydrogens is 395 g/mol. The molecule has 0 radical (unpaired) electrons. The molecule has 3 aromatic rings. The Labute approximate surface area is 153 Å². The molecule has 0 atom stereocenters. The topological polar surface area (TPSA) is 39.9 Å². The zero-order valence-corrected chi connectivity index (χ0v) is 14.2. The standard InChI is InChI=1S/C17H10F7N3O/c1-7-13(20)15(9-4-3-8(18)5-10(9)19)25-16(14(7)21)28-12-6-11(17(22,23)24)26-27(12)2/h3-6H,1-2H3. The van der Waals surface area contributed by atoms with Crippen LogP contribution in [0.1, 0.15) is 11.3 Å². The fourth-order valence-electron chi connectivity index (χ4n) is 2.34. The molecule has 1 aromatic carbocycles. The van der Waals surface area contributed by atoms with Gasteiger partial charge in [0.25, 0.3) is 5.88 Å². The first-order valence-electron chi connectivity index (χ1n) is 7.59. The molecule has 2 aromatic heterocycles. The second-order valence-corrected chi connectivity index (χ2v) is 5.73. The fraction of sp³-hybridized carbons (Fsp3) is 0.176. The molecule has 0 amide bonds. The van der Waals surface area contributed by atoms with Gasteiger partial charge in [0.05, 0.1) is 0 Å². The summed E-state index contributed by atoms with van der Waals surface area (Å²) in [6.07, 6.45) is -4.77. The van der Waals surface area contributed by atoms with Crippen molar-refractivity contribution >= 4 is 0 Å². The van der Waals surface area contributed by atoms with Gasteiger partial charge in [0.2, 0.25) is 5.88 Å². The van der Waals surface area contributed by atoms with Crippen molar-refractivity contribution < 1.29 is 35.5 Å². The highest BCUT2D eigenvalue weighted by Gasteiger charge is 2.35. The zero-order valence-electron chi connectivity index (χ0n) is 14.2. The van der Waals surface area contributed by atoms with Gasteiger partial charge in [0.15, 0.2) is 17.3 Å². The molecule has 4 nitrogen and oxygen atoms in total. The third-order valence-corrected chi connectivity index (χ3v) is 3.78. The molecule has 0 unspecified atom stereocenters. The van der Waals surface area contributed by atoms with Crippen LogP contribution < -0.4 is 4.74 Å². The lowest BCUT2D eigenvalue weighted by Gasteiger charge is -2.12. The second-order valence-electron chi connectivity index (χ2n) is 5.73. The number of benzene rings is 1. The Hall–Kier alpha value is -3.11. The van der Waals surface area contributed by atoms with Crippen molar-refractivity contribution in [1.82, 2.24) is 14.8 Å². The van der Waals surface area contributed by atoms with Gasteiger partial charge in [0, 0.05) is 30.3 Å². The van der Waals surface area contributed by atoms with Gasteiger partial charge in [-0.15, -0.1) is 0 Å². The quantitative estimate of drug-likeness (QED) is 0.566. The van der Waals surface area contributed by atoms with E-state index in [0.717, 1.165) is 26.1 Å². The first-order chi connectivity index (χ1) is 13.0. The summed E-state index contributed by atoms with van der Waals surface area (Å²) in [5.74, 6) is -6.03. The molecule has 0 N–H and O–H groups in total. The maximum Gasteiger partial charge on any atom is 0.435 e.